The van der Waals surface area contributed by atoms with E-state index < -0.39 is 0 Å². The highest BCUT2D eigenvalue weighted by molar-refractivity contribution is 6.07. The number of amidine groups is 1. The van der Waals surface area contributed by atoms with E-state index in [-0.39, 0.29) is 11.7 Å². The molecule has 0 radical (unpaired) electrons. The molecule has 0 aliphatic heterocycles. The Labute approximate surface area is 66.2 Å². The molecule has 0 aromatic carbocycles. The minimum Gasteiger partial charge on any atom is -0.304 e. The van der Waals surface area contributed by atoms with Crippen molar-refractivity contribution in [3.8, 4) is 12.3 Å². The van der Waals surface area contributed by atoms with Crippen molar-refractivity contribution in [3.05, 3.63) is 12.3 Å². The molecule has 1 amide bonds. The van der Waals surface area contributed by atoms with Crippen LogP contribution in [0.25, 0.3) is 0 Å². The van der Waals surface area contributed by atoms with Crippen molar-refractivity contribution in [2.24, 2.45) is 4.99 Å². The number of amides is 1. The van der Waals surface area contributed by atoms with Gasteiger partial charge in [0.25, 0.3) is 0 Å². The summed E-state index contributed by atoms with van der Waals surface area (Å²) >= 11 is 0. The van der Waals surface area contributed by atoms with E-state index in [1.54, 1.807) is 6.08 Å². The summed E-state index contributed by atoms with van der Waals surface area (Å²) in [6.07, 6.45) is 8.27. The highest BCUT2D eigenvalue weighted by atomic mass is 16.1. The van der Waals surface area contributed by atoms with Gasteiger partial charge in [0.15, 0.2) is 5.84 Å². The van der Waals surface area contributed by atoms with E-state index in [4.69, 9.17) is 6.42 Å². The third-order valence-corrected chi connectivity index (χ3v) is 0.784. The Bertz CT molecular complexity index is 233. The van der Waals surface area contributed by atoms with Crippen LogP contribution in [0, 0.1) is 12.3 Å². The van der Waals surface area contributed by atoms with Crippen molar-refractivity contribution < 1.29 is 4.79 Å². The third-order valence-electron chi connectivity index (χ3n) is 0.784. The monoisotopic (exact) mass is 150 g/mol. The second kappa shape index (κ2) is 5.24. The first-order valence-corrected chi connectivity index (χ1v) is 3.14. The lowest BCUT2D eigenvalue weighted by atomic mass is 10.5. The molecule has 0 aromatic rings. The van der Waals surface area contributed by atoms with Gasteiger partial charge in [0.05, 0.1) is 0 Å². The molecule has 0 fully saturated rings. The Morgan fingerprint density at radius 1 is 1.73 bits per heavy atom. The first kappa shape index (κ1) is 9.44. The van der Waals surface area contributed by atoms with Crippen LogP contribution in [0.5, 0.6) is 0 Å². The Morgan fingerprint density at radius 2 is 2.36 bits per heavy atom. The maximum Gasteiger partial charge on any atom is 0.222 e. The molecule has 0 spiro atoms. The predicted octanol–water partition coefficient (Wildman–Crippen LogP) is 0.688. The van der Waals surface area contributed by atoms with Crippen LogP contribution in [0.2, 0.25) is 0 Å². The Morgan fingerprint density at radius 3 is 2.73 bits per heavy atom. The molecule has 3 heteroatoms. The van der Waals surface area contributed by atoms with Crippen LogP contribution in [0.3, 0.4) is 0 Å². The van der Waals surface area contributed by atoms with Crippen LogP contribution in [0.4, 0.5) is 0 Å². The lowest BCUT2D eigenvalue weighted by molar-refractivity contribution is -0.117. The molecule has 0 saturated carbocycles. The highest BCUT2D eigenvalue weighted by Crippen LogP contribution is 1.76. The van der Waals surface area contributed by atoms with Crippen molar-refractivity contribution in [1.82, 2.24) is 5.32 Å². The van der Waals surface area contributed by atoms with E-state index in [2.05, 4.69) is 16.2 Å². The lowest BCUT2D eigenvalue weighted by Crippen LogP contribution is -2.26. The molecule has 0 aromatic heterocycles. The average molecular weight is 150 g/mol. The second-order valence-electron chi connectivity index (χ2n) is 1.79. The first-order chi connectivity index (χ1) is 5.20. The molecule has 11 heavy (non-hydrogen) atoms. The molecule has 0 aliphatic carbocycles. The largest absolute Gasteiger partial charge is 0.304 e. The minimum atomic E-state index is -0.216. The van der Waals surface area contributed by atoms with Crippen LogP contribution in [0.1, 0.15) is 13.8 Å². The normalized spacial score (nSPS) is 11.2. The van der Waals surface area contributed by atoms with E-state index in [1.165, 1.54) is 13.1 Å². The number of rotatable bonds is 1. The zero-order chi connectivity index (χ0) is 8.69. The quantitative estimate of drug-likeness (QED) is 0.333. The summed E-state index contributed by atoms with van der Waals surface area (Å²) in [4.78, 5) is 14.2. The van der Waals surface area contributed by atoms with E-state index in [9.17, 15) is 4.79 Å². The molecular weight excluding hydrogens is 140 g/mol. The van der Waals surface area contributed by atoms with Gasteiger partial charge in [-0.05, 0) is 12.8 Å². The van der Waals surface area contributed by atoms with Crippen molar-refractivity contribution in [2.45, 2.75) is 13.8 Å². The van der Waals surface area contributed by atoms with Crippen LogP contribution >= 0.6 is 0 Å². The molecule has 3 nitrogen and oxygen atoms in total. The summed E-state index contributed by atoms with van der Waals surface area (Å²) in [5, 5.41) is 2.39. The zero-order valence-electron chi connectivity index (χ0n) is 6.59. The van der Waals surface area contributed by atoms with Crippen LogP contribution in [0.15, 0.2) is 17.3 Å². The van der Waals surface area contributed by atoms with Crippen LogP contribution < -0.4 is 5.32 Å². The fourth-order valence-electron chi connectivity index (χ4n) is 0.421. The summed E-state index contributed by atoms with van der Waals surface area (Å²) in [7, 11) is 0. The smallest absolute Gasteiger partial charge is 0.222 e. The molecule has 0 unspecified atom stereocenters. The van der Waals surface area contributed by atoms with Crippen molar-refractivity contribution in [1.29, 1.82) is 0 Å². The Balaban J connectivity index is 4.19. The molecule has 1 N–H and O–H groups in total. The van der Waals surface area contributed by atoms with Gasteiger partial charge in [0, 0.05) is 13.1 Å². The number of terminal acetylenes is 1. The molecule has 58 valence electrons. The number of aliphatic imine (C=N–C) groups is 1. The van der Waals surface area contributed by atoms with Crippen molar-refractivity contribution in [2.75, 3.05) is 0 Å². The van der Waals surface area contributed by atoms with Crippen LogP contribution in [-0.2, 0) is 4.79 Å². The molecule has 0 saturated heterocycles. The van der Waals surface area contributed by atoms with Gasteiger partial charge < -0.3 is 5.32 Å². The average Bonchev–Trinajstić information content (AvgIpc) is 1.97. The van der Waals surface area contributed by atoms with Crippen molar-refractivity contribution >= 4 is 11.7 Å². The van der Waals surface area contributed by atoms with Gasteiger partial charge in [-0.2, -0.15) is 0 Å². The molecule has 0 heterocycles. The Hall–Kier alpha value is -1.56. The van der Waals surface area contributed by atoms with E-state index in [0.717, 1.165) is 0 Å². The third kappa shape index (κ3) is 4.91. The van der Waals surface area contributed by atoms with E-state index in [1.807, 2.05) is 6.92 Å². The number of nitrogens with one attached hydrogen (secondary N) is 1. The number of allylic oxidation sites excluding steroid dienone is 1. The van der Waals surface area contributed by atoms with Gasteiger partial charge in [-0.3, -0.25) is 4.79 Å². The number of carbonyl (C=O) groups excluding carboxylic acids is 1. The van der Waals surface area contributed by atoms with E-state index >= 15 is 0 Å². The maximum atomic E-state index is 10.5. The highest BCUT2D eigenvalue weighted by Gasteiger charge is 1.93. The predicted molar refractivity (Wildman–Crippen MR) is 44.9 cm³/mol. The molecule has 0 bridgehead atoms. The number of hydrogen-bond donors (Lipinski definition) is 1. The van der Waals surface area contributed by atoms with Gasteiger partial charge >= 0.3 is 0 Å². The van der Waals surface area contributed by atoms with E-state index in [0.29, 0.717) is 0 Å². The fourth-order valence-corrected chi connectivity index (χ4v) is 0.421. The number of nitrogens with zero attached hydrogens (tertiary/aromatic N) is 1. The molecule has 0 rings (SSSR count). The maximum absolute atomic E-state index is 10.5. The van der Waals surface area contributed by atoms with Gasteiger partial charge in [0.1, 0.15) is 0 Å². The summed E-state index contributed by atoms with van der Waals surface area (Å²) in [5.74, 6) is 2.25. The summed E-state index contributed by atoms with van der Waals surface area (Å²) in [6.45, 7) is 3.19. The SMILES string of the molecule is C#C/C(=N\C=C/C)NC(C)=O. The second-order valence-corrected chi connectivity index (χ2v) is 1.79. The zero-order valence-corrected chi connectivity index (χ0v) is 6.59. The number of hydrogen-bond acceptors (Lipinski definition) is 2. The summed E-state index contributed by atoms with van der Waals surface area (Å²) in [6, 6.07) is 0. The molecule has 0 aliphatic rings. The summed E-state index contributed by atoms with van der Waals surface area (Å²) < 4.78 is 0. The topological polar surface area (TPSA) is 41.5 Å². The van der Waals surface area contributed by atoms with Gasteiger partial charge in [-0.25, -0.2) is 4.99 Å². The van der Waals surface area contributed by atoms with Gasteiger partial charge in [-0.1, -0.05) is 6.08 Å². The first-order valence-electron chi connectivity index (χ1n) is 3.14. The standard InChI is InChI=1S/C8H10N2O/c1-4-6-9-8(5-2)10-7(3)11/h2,4,6H,1,3H3,(H,9,10,11)/b6-4-. The molecular formula is C8H10N2O. The summed E-state index contributed by atoms with van der Waals surface area (Å²) in [5.41, 5.74) is 0. The van der Waals surface area contributed by atoms with Crippen molar-refractivity contribution in [3.63, 3.8) is 0 Å². The molecule has 0 atom stereocenters. The Kier molecular flexibility index (Phi) is 4.50. The number of carbonyl (C=O) groups is 1. The minimum absolute atomic E-state index is 0.216. The van der Waals surface area contributed by atoms with Crippen LogP contribution in [-0.4, -0.2) is 11.7 Å². The fraction of sp³-hybridized carbons (Fsp3) is 0.250. The van der Waals surface area contributed by atoms with Gasteiger partial charge in [-0.15, -0.1) is 6.42 Å². The lowest BCUT2D eigenvalue weighted by Gasteiger charge is -1.95. The van der Waals surface area contributed by atoms with Gasteiger partial charge in [0.2, 0.25) is 5.91 Å².